The molecule has 0 bridgehead atoms. The molecule has 2 aromatic rings. The lowest BCUT2D eigenvalue weighted by atomic mass is 10.1. The van der Waals surface area contributed by atoms with Crippen LogP contribution in [-0.4, -0.2) is 18.4 Å². The zero-order chi connectivity index (χ0) is 15.2. The fourth-order valence-corrected chi connectivity index (χ4v) is 2.85. The maximum Gasteiger partial charge on any atom is 0.265 e. The number of thiophene rings is 1. The maximum atomic E-state index is 12.2. The Labute approximate surface area is 141 Å². The molecule has 0 unspecified atom stereocenters. The second-order valence-corrected chi connectivity index (χ2v) is 6.57. The van der Waals surface area contributed by atoms with Crippen LogP contribution in [0.2, 0.25) is 0 Å². The first-order valence-electron chi connectivity index (χ1n) is 6.54. The molecule has 1 heterocycles. The number of carbonyl (C=O) groups excluding carboxylic acids is 2. The molecule has 0 spiro atoms. The SMILES string of the molecule is CCCNC(=O)c1cc(I)ccc1NC(=O)c1cccs1. The van der Waals surface area contributed by atoms with Crippen molar-refractivity contribution in [2.75, 3.05) is 11.9 Å². The molecule has 0 saturated heterocycles. The average Bonchev–Trinajstić information content (AvgIpc) is 3.01. The maximum absolute atomic E-state index is 12.2. The third kappa shape index (κ3) is 4.28. The fourth-order valence-electron chi connectivity index (χ4n) is 1.74. The molecule has 0 fully saturated rings. The minimum absolute atomic E-state index is 0.170. The molecule has 6 heteroatoms. The number of hydrogen-bond acceptors (Lipinski definition) is 3. The van der Waals surface area contributed by atoms with Crippen LogP contribution in [0.1, 0.15) is 33.4 Å². The quantitative estimate of drug-likeness (QED) is 0.733. The van der Waals surface area contributed by atoms with Crippen LogP contribution in [0.3, 0.4) is 0 Å². The van der Waals surface area contributed by atoms with Crippen LogP contribution < -0.4 is 10.6 Å². The highest BCUT2D eigenvalue weighted by Crippen LogP contribution is 2.20. The van der Waals surface area contributed by atoms with Gasteiger partial charge in [0.1, 0.15) is 0 Å². The van der Waals surface area contributed by atoms with Gasteiger partial charge in [-0.25, -0.2) is 0 Å². The zero-order valence-corrected chi connectivity index (χ0v) is 14.5. The smallest absolute Gasteiger partial charge is 0.265 e. The van der Waals surface area contributed by atoms with Gasteiger partial charge in [-0.15, -0.1) is 11.3 Å². The molecule has 0 aliphatic carbocycles. The number of benzene rings is 1. The van der Waals surface area contributed by atoms with E-state index in [0.717, 1.165) is 9.99 Å². The van der Waals surface area contributed by atoms with E-state index in [0.29, 0.717) is 22.7 Å². The van der Waals surface area contributed by atoms with Crippen LogP contribution in [0, 0.1) is 3.57 Å². The van der Waals surface area contributed by atoms with Crippen LogP contribution >= 0.6 is 33.9 Å². The van der Waals surface area contributed by atoms with Crippen molar-refractivity contribution in [3.63, 3.8) is 0 Å². The van der Waals surface area contributed by atoms with E-state index in [1.165, 1.54) is 11.3 Å². The summed E-state index contributed by atoms with van der Waals surface area (Å²) in [6.07, 6.45) is 0.868. The Morgan fingerprint density at radius 1 is 1.24 bits per heavy atom. The van der Waals surface area contributed by atoms with E-state index >= 15 is 0 Å². The molecule has 0 atom stereocenters. The van der Waals surface area contributed by atoms with Crippen molar-refractivity contribution < 1.29 is 9.59 Å². The van der Waals surface area contributed by atoms with Crippen molar-refractivity contribution >= 4 is 51.4 Å². The molecule has 21 heavy (non-hydrogen) atoms. The third-order valence-electron chi connectivity index (χ3n) is 2.75. The first-order chi connectivity index (χ1) is 10.1. The summed E-state index contributed by atoms with van der Waals surface area (Å²) < 4.78 is 0.948. The molecule has 0 radical (unpaired) electrons. The van der Waals surface area contributed by atoms with Crippen LogP contribution in [-0.2, 0) is 0 Å². The molecule has 1 aromatic carbocycles. The molecule has 0 saturated carbocycles. The van der Waals surface area contributed by atoms with Crippen molar-refractivity contribution in [2.45, 2.75) is 13.3 Å². The highest BCUT2D eigenvalue weighted by molar-refractivity contribution is 14.1. The summed E-state index contributed by atoms with van der Waals surface area (Å²) in [4.78, 5) is 24.9. The Hall–Kier alpha value is -1.41. The molecule has 0 aliphatic heterocycles. The van der Waals surface area contributed by atoms with E-state index in [1.54, 1.807) is 18.2 Å². The van der Waals surface area contributed by atoms with Crippen molar-refractivity contribution in [3.8, 4) is 0 Å². The summed E-state index contributed by atoms with van der Waals surface area (Å²) in [7, 11) is 0. The Kier molecular flexibility index (Phi) is 5.75. The van der Waals surface area contributed by atoms with Crippen LogP contribution in [0.5, 0.6) is 0 Å². The van der Waals surface area contributed by atoms with Crippen molar-refractivity contribution in [2.24, 2.45) is 0 Å². The first kappa shape index (κ1) is 16.0. The summed E-state index contributed by atoms with van der Waals surface area (Å²) in [6, 6.07) is 8.97. The van der Waals surface area contributed by atoms with Crippen LogP contribution in [0.15, 0.2) is 35.7 Å². The summed E-state index contributed by atoms with van der Waals surface area (Å²) in [6.45, 7) is 2.61. The predicted molar refractivity (Wildman–Crippen MR) is 94.1 cm³/mol. The van der Waals surface area contributed by atoms with Gasteiger partial charge in [0.2, 0.25) is 0 Å². The highest BCUT2D eigenvalue weighted by Gasteiger charge is 2.15. The molecule has 4 nitrogen and oxygen atoms in total. The third-order valence-corrected chi connectivity index (χ3v) is 4.29. The Morgan fingerprint density at radius 3 is 2.71 bits per heavy atom. The highest BCUT2D eigenvalue weighted by atomic mass is 127. The lowest BCUT2D eigenvalue weighted by molar-refractivity contribution is 0.0954. The number of hydrogen-bond donors (Lipinski definition) is 2. The molecule has 2 rings (SSSR count). The number of anilines is 1. The van der Waals surface area contributed by atoms with E-state index < -0.39 is 0 Å². The van der Waals surface area contributed by atoms with Gasteiger partial charge in [0.25, 0.3) is 11.8 Å². The Morgan fingerprint density at radius 2 is 2.05 bits per heavy atom. The normalized spacial score (nSPS) is 10.2. The van der Waals surface area contributed by atoms with Gasteiger partial charge in [0.05, 0.1) is 16.1 Å². The van der Waals surface area contributed by atoms with Crippen molar-refractivity contribution in [3.05, 3.63) is 49.7 Å². The average molecular weight is 414 g/mol. The zero-order valence-electron chi connectivity index (χ0n) is 11.5. The second-order valence-electron chi connectivity index (χ2n) is 4.38. The summed E-state index contributed by atoms with van der Waals surface area (Å²) in [5, 5.41) is 7.48. The Balaban J connectivity index is 2.22. The number of nitrogens with one attached hydrogen (secondary N) is 2. The fraction of sp³-hybridized carbons (Fsp3) is 0.200. The second kappa shape index (κ2) is 7.56. The number of carbonyl (C=O) groups is 2. The standard InChI is InChI=1S/C15H15IN2O2S/c1-2-7-17-14(19)11-9-10(16)5-6-12(11)18-15(20)13-4-3-8-21-13/h3-6,8-9H,2,7H2,1H3,(H,17,19)(H,18,20). The first-order valence-corrected chi connectivity index (χ1v) is 8.50. The number of rotatable bonds is 5. The Bertz CT molecular complexity index is 641. The van der Waals surface area contributed by atoms with Crippen LogP contribution in [0.4, 0.5) is 5.69 Å². The lowest BCUT2D eigenvalue weighted by Gasteiger charge is -2.11. The monoisotopic (exact) mass is 414 g/mol. The summed E-state index contributed by atoms with van der Waals surface area (Å²) in [5.74, 6) is -0.368. The largest absolute Gasteiger partial charge is 0.352 e. The molecule has 2 N–H and O–H groups in total. The molecular weight excluding hydrogens is 399 g/mol. The minimum Gasteiger partial charge on any atom is -0.352 e. The van der Waals surface area contributed by atoms with Gasteiger partial charge in [-0.05, 0) is 58.7 Å². The molecule has 1 aromatic heterocycles. The lowest BCUT2D eigenvalue weighted by Crippen LogP contribution is -2.25. The van der Waals surface area contributed by atoms with E-state index in [1.807, 2.05) is 24.4 Å². The predicted octanol–water partition coefficient (Wildman–Crippen LogP) is 3.74. The topological polar surface area (TPSA) is 58.2 Å². The molecule has 2 amide bonds. The van der Waals surface area contributed by atoms with E-state index in [2.05, 4.69) is 33.2 Å². The minimum atomic E-state index is -0.198. The van der Waals surface area contributed by atoms with Gasteiger partial charge in [-0.2, -0.15) is 0 Å². The summed E-state index contributed by atoms with van der Waals surface area (Å²) in [5.41, 5.74) is 1.02. The van der Waals surface area contributed by atoms with Crippen molar-refractivity contribution in [1.29, 1.82) is 0 Å². The van der Waals surface area contributed by atoms with E-state index in [9.17, 15) is 9.59 Å². The van der Waals surface area contributed by atoms with Crippen molar-refractivity contribution in [1.82, 2.24) is 5.32 Å². The van der Waals surface area contributed by atoms with Gasteiger partial charge in [-0.1, -0.05) is 13.0 Å². The van der Waals surface area contributed by atoms with Crippen LogP contribution in [0.25, 0.3) is 0 Å². The van der Waals surface area contributed by atoms with Gasteiger partial charge in [-0.3, -0.25) is 9.59 Å². The van der Waals surface area contributed by atoms with Gasteiger partial charge < -0.3 is 10.6 Å². The molecule has 110 valence electrons. The summed E-state index contributed by atoms with van der Waals surface area (Å²) >= 11 is 3.51. The van der Waals surface area contributed by atoms with E-state index in [4.69, 9.17) is 0 Å². The molecular formula is C15H15IN2O2S. The number of halogens is 1. The van der Waals surface area contributed by atoms with Gasteiger partial charge >= 0.3 is 0 Å². The van der Waals surface area contributed by atoms with Gasteiger partial charge in [0, 0.05) is 10.1 Å². The van der Waals surface area contributed by atoms with Gasteiger partial charge in [0.15, 0.2) is 0 Å². The molecule has 0 aliphatic rings. The number of amides is 2. The van der Waals surface area contributed by atoms with E-state index in [-0.39, 0.29) is 11.8 Å².